The Bertz CT molecular complexity index is 801. The first-order chi connectivity index (χ1) is 14.8. The first kappa shape index (κ1) is 20.9. The standard InChI is InChI=1S/C26H33N3O/c27-22-26(23-8-3-1-4-9-23)14-12-24(13-15-26)29-19-17-28(18-20-29)16-7-21-30-25-10-5-2-6-11-25/h1-6,8-11,24H,7,12-21H2. The smallest absolute Gasteiger partial charge is 0.119 e. The van der Waals surface area contributed by atoms with Crippen LogP contribution in [0.1, 0.15) is 37.7 Å². The maximum absolute atomic E-state index is 9.92. The molecule has 2 aromatic rings. The molecule has 1 aliphatic heterocycles. The van der Waals surface area contributed by atoms with Crippen molar-refractivity contribution < 1.29 is 4.74 Å². The molecule has 30 heavy (non-hydrogen) atoms. The van der Waals surface area contributed by atoms with Gasteiger partial charge in [-0.15, -0.1) is 0 Å². The molecule has 0 aromatic heterocycles. The Hall–Kier alpha value is -2.35. The summed E-state index contributed by atoms with van der Waals surface area (Å²) >= 11 is 0. The second-order valence-corrected chi connectivity index (χ2v) is 8.68. The van der Waals surface area contributed by atoms with Crippen LogP contribution in [0.5, 0.6) is 5.75 Å². The fourth-order valence-electron chi connectivity index (χ4n) is 5.03. The van der Waals surface area contributed by atoms with Gasteiger partial charge >= 0.3 is 0 Å². The van der Waals surface area contributed by atoms with Crippen LogP contribution in [0, 0.1) is 11.3 Å². The summed E-state index contributed by atoms with van der Waals surface area (Å²) in [5.74, 6) is 0.962. The summed E-state index contributed by atoms with van der Waals surface area (Å²) in [6, 6.07) is 23.8. The Morgan fingerprint density at radius 3 is 2.17 bits per heavy atom. The molecule has 158 valence electrons. The molecule has 4 nitrogen and oxygen atoms in total. The minimum absolute atomic E-state index is 0.279. The highest BCUT2D eigenvalue weighted by Crippen LogP contribution is 2.40. The van der Waals surface area contributed by atoms with Gasteiger partial charge in [-0.1, -0.05) is 48.5 Å². The molecule has 2 fully saturated rings. The molecular formula is C26H33N3O. The first-order valence-corrected chi connectivity index (χ1v) is 11.4. The Labute approximate surface area is 181 Å². The molecule has 2 aromatic carbocycles. The highest BCUT2D eigenvalue weighted by atomic mass is 16.5. The van der Waals surface area contributed by atoms with Gasteiger partial charge < -0.3 is 9.64 Å². The van der Waals surface area contributed by atoms with Crippen molar-refractivity contribution in [1.82, 2.24) is 9.80 Å². The molecule has 0 bridgehead atoms. The SMILES string of the molecule is N#CC1(c2ccccc2)CCC(N2CCN(CCCOc3ccccc3)CC2)CC1. The Kier molecular flexibility index (Phi) is 7.04. The second kappa shape index (κ2) is 10.1. The lowest BCUT2D eigenvalue weighted by atomic mass is 9.69. The molecule has 0 radical (unpaired) electrons. The topological polar surface area (TPSA) is 39.5 Å². The fourth-order valence-corrected chi connectivity index (χ4v) is 5.03. The number of hydrogen-bond acceptors (Lipinski definition) is 4. The molecule has 1 saturated heterocycles. The van der Waals surface area contributed by atoms with Gasteiger partial charge in [0.25, 0.3) is 0 Å². The van der Waals surface area contributed by atoms with Crippen LogP contribution in [0.25, 0.3) is 0 Å². The highest BCUT2D eigenvalue weighted by molar-refractivity contribution is 5.33. The molecule has 1 aliphatic carbocycles. The van der Waals surface area contributed by atoms with Gasteiger partial charge in [-0.25, -0.2) is 0 Å². The maximum Gasteiger partial charge on any atom is 0.119 e. The molecule has 4 heteroatoms. The van der Waals surface area contributed by atoms with Gasteiger partial charge in [0.1, 0.15) is 5.75 Å². The van der Waals surface area contributed by atoms with E-state index in [0.29, 0.717) is 6.04 Å². The lowest BCUT2D eigenvalue weighted by Gasteiger charge is -2.44. The predicted molar refractivity (Wildman–Crippen MR) is 121 cm³/mol. The average Bonchev–Trinajstić information content (AvgIpc) is 2.83. The van der Waals surface area contributed by atoms with E-state index in [1.165, 1.54) is 5.56 Å². The largest absolute Gasteiger partial charge is 0.494 e. The third-order valence-corrected chi connectivity index (χ3v) is 6.90. The number of hydrogen-bond donors (Lipinski definition) is 0. The van der Waals surface area contributed by atoms with Gasteiger partial charge in [-0.3, -0.25) is 4.90 Å². The highest BCUT2D eigenvalue weighted by Gasteiger charge is 2.39. The number of benzene rings is 2. The van der Waals surface area contributed by atoms with Crippen LogP contribution >= 0.6 is 0 Å². The zero-order chi connectivity index (χ0) is 20.7. The molecule has 1 heterocycles. The Morgan fingerprint density at radius 2 is 1.53 bits per heavy atom. The lowest BCUT2D eigenvalue weighted by Crippen LogP contribution is -2.52. The average molecular weight is 404 g/mol. The number of nitriles is 1. The molecular weight excluding hydrogens is 370 g/mol. The Morgan fingerprint density at radius 1 is 0.900 bits per heavy atom. The van der Waals surface area contributed by atoms with E-state index in [1.54, 1.807) is 0 Å². The van der Waals surface area contributed by atoms with Crippen molar-refractivity contribution in [3.63, 3.8) is 0 Å². The van der Waals surface area contributed by atoms with Gasteiger partial charge in [-0.05, 0) is 49.8 Å². The zero-order valence-corrected chi connectivity index (χ0v) is 17.9. The molecule has 2 aliphatic rings. The Balaban J connectivity index is 1.18. The van der Waals surface area contributed by atoms with Crippen molar-refractivity contribution in [1.29, 1.82) is 5.26 Å². The van der Waals surface area contributed by atoms with Crippen molar-refractivity contribution in [3.05, 3.63) is 66.2 Å². The summed E-state index contributed by atoms with van der Waals surface area (Å²) in [7, 11) is 0. The van der Waals surface area contributed by atoms with Crippen LogP contribution in [0.2, 0.25) is 0 Å². The van der Waals surface area contributed by atoms with E-state index in [9.17, 15) is 5.26 Å². The van der Waals surface area contributed by atoms with Gasteiger partial charge in [0.05, 0.1) is 18.1 Å². The lowest BCUT2D eigenvalue weighted by molar-refractivity contribution is 0.0686. The van der Waals surface area contributed by atoms with E-state index in [0.717, 1.165) is 77.2 Å². The van der Waals surface area contributed by atoms with Crippen LogP contribution in [0.3, 0.4) is 0 Å². The molecule has 0 unspecified atom stereocenters. The third-order valence-electron chi connectivity index (χ3n) is 6.90. The summed E-state index contributed by atoms with van der Waals surface area (Å²) in [4.78, 5) is 5.24. The summed E-state index contributed by atoms with van der Waals surface area (Å²) < 4.78 is 5.82. The van der Waals surface area contributed by atoms with Gasteiger partial charge in [0, 0.05) is 38.8 Å². The van der Waals surface area contributed by atoms with E-state index >= 15 is 0 Å². The van der Waals surface area contributed by atoms with Crippen molar-refractivity contribution in [2.45, 2.75) is 43.6 Å². The van der Waals surface area contributed by atoms with Crippen LogP contribution in [-0.2, 0) is 5.41 Å². The number of para-hydroxylation sites is 1. The van der Waals surface area contributed by atoms with E-state index in [-0.39, 0.29) is 5.41 Å². The third kappa shape index (κ3) is 5.03. The van der Waals surface area contributed by atoms with Crippen LogP contribution in [0.15, 0.2) is 60.7 Å². The van der Waals surface area contributed by atoms with Gasteiger partial charge in [0.2, 0.25) is 0 Å². The quantitative estimate of drug-likeness (QED) is 0.639. The van der Waals surface area contributed by atoms with E-state index in [1.807, 2.05) is 36.4 Å². The summed E-state index contributed by atoms with van der Waals surface area (Å²) in [5, 5.41) is 9.92. The molecule has 0 N–H and O–H groups in total. The summed E-state index contributed by atoms with van der Waals surface area (Å²) in [6.45, 7) is 6.47. The predicted octanol–water partition coefficient (Wildman–Crippen LogP) is 4.48. The molecule has 0 atom stereocenters. The minimum atomic E-state index is -0.279. The molecule has 4 rings (SSSR count). The van der Waals surface area contributed by atoms with Crippen molar-refractivity contribution >= 4 is 0 Å². The van der Waals surface area contributed by atoms with E-state index in [2.05, 4.69) is 40.1 Å². The van der Waals surface area contributed by atoms with Gasteiger partial charge in [-0.2, -0.15) is 5.26 Å². The van der Waals surface area contributed by atoms with Crippen molar-refractivity contribution in [2.24, 2.45) is 0 Å². The van der Waals surface area contributed by atoms with Crippen LogP contribution in [-0.4, -0.2) is 55.2 Å². The van der Waals surface area contributed by atoms with E-state index in [4.69, 9.17) is 4.74 Å². The van der Waals surface area contributed by atoms with Gasteiger partial charge in [0.15, 0.2) is 0 Å². The fraction of sp³-hybridized carbons (Fsp3) is 0.500. The number of piperazine rings is 1. The monoisotopic (exact) mass is 403 g/mol. The van der Waals surface area contributed by atoms with E-state index < -0.39 is 0 Å². The number of rotatable bonds is 7. The molecule has 0 amide bonds. The maximum atomic E-state index is 9.92. The van der Waals surface area contributed by atoms with Crippen LogP contribution < -0.4 is 4.74 Å². The zero-order valence-electron chi connectivity index (χ0n) is 17.9. The number of ether oxygens (including phenoxy) is 1. The van der Waals surface area contributed by atoms with Crippen molar-refractivity contribution in [2.75, 3.05) is 39.3 Å². The number of nitrogens with zero attached hydrogens (tertiary/aromatic N) is 3. The normalized spacial score (nSPS) is 25.5. The first-order valence-electron chi connectivity index (χ1n) is 11.4. The molecule has 1 saturated carbocycles. The van der Waals surface area contributed by atoms with Crippen molar-refractivity contribution in [3.8, 4) is 11.8 Å². The second-order valence-electron chi connectivity index (χ2n) is 8.68. The summed E-state index contributed by atoms with van der Waals surface area (Å²) in [6.07, 6.45) is 5.30. The van der Waals surface area contributed by atoms with Crippen LogP contribution in [0.4, 0.5) is 0 Å². The minimum Gasteiger partial charge on any atom is -0.494 e. The summed E-state index contributed by atoms with van der Waals surface area (Å²) in [5.41, 5.74) is 0.923. The molecule has 0 spiro atoms.